The third-order valence-corrected chi connectivity index (χ3v) is 6.13. The van der Waals surface area contributed by atoms with Crippen LogP contribution in [0, 0.1) is 0 Å². The van der Waals surface area contributed by atoms with Gasteiger partial charge < -0.3 is 23.9 Å². The number of aromatic nitrogens is 2. The first kappa shape index (κ1) is 20.6. The van der Waals surface area contributed by atoms with Gasteiger partial charge in [-0.25, -0.2) is 4.98 Å². The fraction of sp³-hybridized carbons (Fsp3) is 0.417. The summed E-state index contributed by atoms with van der Waals surface area (Å²) in [7, 11) is 3.12. The molecular weight excluding hydrogens is 410 g/mol. The topological polar surface area (TPSA) is 85.9 Å². The van der Waals surface area contributed by atoms with E-state index < -0.39 is 0 Å². The zero-order chi connectivity index (χ0) is 22.1. The lowest BCUT2D eigenvalue weighted by Crippen LogP contribution is -2.25. The van der Waals surface area contributed by atoms with Gasteiger partial charge in [0.05, 0.1) is 44.9 Å². The standard InChI is InChI=1S/C24H27N3O5/c1-29-20-12-16-17(13-21(20)30-2)25-23(26-24(16)28)14-27-8-3-5-18(27)15-6-7-19-22(11-15)32-10-4-9-31-19/h6-7,11-13,18H,3-5,8-10,14H2,1-2H3,(H,25,26,28). The van der Waals surface area contributed by atoms with Crippen LogP contribution in [0.15, 0.2) is 35.1 Å². The highest BCUT2D eigenvalue weighted by Crippen LogP contribution is 2.38. The molecule has 8 heteroatoms. The van der Waals surface area contributed by atoms with Crippen molar-refractivity contribution in [2.45, 2.75) is 31.8 Å². The summed E-state index contributed by atoms with van der Waals surface area (Å²) in [5, 5.41) is 0.479. The van der Waals surface area contributed by atoms with Gasteiger partial charge in [0.15, 0.2) is 23.0 Å². The molecule has 168 valence electrons. The molecule has 2 aliphatic rings. The van der Waals surface area contributed by atoms with E-state index in [-0.39, 0.29) is 11.6 Å². The summed E-state index contributed by atoms with van der Waals surface area (Å²) < 4.78 is 22.3. The highest BCUT2D eigenvalue weighted by Gasteiger charge is 2.28. The fourth-order valence-electron chi connectivity index (χ4n) is 4.56. The second-order valence-corrected chi connectivity index (χ2v) is 8.12. The third kappa shape index (κ3) is 3.86. The van der Waals surface area contributed by atoms with Gasteiger partial charge in [-0.15, -0.1) is 0 Å². The molecule has 1 aromatic heterocycles. The Labute approximate surface area is 186 Å². The van der Waals surface area contributed by atoms with E-state index >= 15 is 0 Å². The Hall–Kier alpha value is -3.26. The predicted molar refractivity (Wildman–Crippen MR) is 120 cm³/mol. The second-order valence-electron chi connectivity index (χ2n) is 8.12. The van der Waals surface area contributed by atoms with Gasteiger partial charge >= 0.3 is 0 Å². The van der Waals surface area contributed by atoms with Crippen molar-refractivity contribution in [1.82, 2.24) is 14.9 Å². The lowest BCUT2D eigenvalue weighted by molar-refractivity contribution is 0.241. The number of nitrogens with zero attached hydrogens (tertiary/aromatic N) is 2. The van der Waals surface area contributed by atoms with E-state index in [0.29, 0.717) is 48.0 Å². The molecule has 2 aromatic carbocycles. The van der Waals surface area contributed by atoms with Gasteiger partial charge in [-0.1, -0.05) is 6.07 Å². The molecule has 3 aromatic rings. The minimum atomic E-state index is -0.183. The largest absolute Gasteiger partial charge is 0.493 e. The number of fused-ring (bicyclic) bond motifs is 2. The van der Waals surface area contributed by atoms with Gasteiger partial charge in [-0.3, -0.25) is 9.69 Å². The van der Waals surface area contributed by atoms with Crippen LogP contribution in [0.3, 0.4) is 0 Å². The van der Waals surface area contributed by atoms with Gasteiger partial charge in [0.1, 0.15) is 5.82 Å². The summed E-state index contributed by atoms with van der Waals surface area (Å²) in [6, 6.07) is 9.86. The lowest BCUT2D eigenvalue weighted by atomic mass is 10.0. The van der Waals surface area contributed by atoms with Crippen LogP contribution in [0.25, 0.3) is 10.9 Å². The number of nitrogens with one attached hydrogen (secondary N) is 1. The van der Waals surface area contributed by atoms with E-state index in [9.17, 15) is 4.79 Å². The van der Waals surface area contributed by atoms with Crippen LogP contribution >= 0.6 is 0 Å². The monoisotopic (exact) mass is 437 g/mol. The quantitative estimate of drug-likeness (QED) is 0.654. The second kappa shape index (κ2) is 8.70. The zero-order valence-electron chi connectivity index (χ0n) is 18.3. The summed E-state index contributed by atoms with van der Waals surface area (Å²) >= 11 is 0. The van der Waals surface area contributed by atoms with Gasteiger partial charge in [-0.2, -0.15) is 0 Å². The number of aromatic amines is 1. The average molecular weight is 437 g/mol. The smallest absolute Gasteiger partial charge is 0.258 e. The molecule has 8 nitrogen and oxygen atoms in total. The highest BCUT2D eigenvalue weighted by atomic mass is 16.5. The maximum atomic E-state index is 12.7. The minimum Gasteiger partial charge on any atom is -0.493 e. The molecule has 0 radical (unpaired) electrons. The van der Waals surface area contributed by atoms with Crippen molar-refractivity contribution < 1.29 is 18.9 Å². The summed E-state index contributed by atoms with van der Waals surface area (Å²) in [4.78, 5) is 22.8. The van der Waals surface area contributed by atoms with Crippen molar-refractivity contribution in [2.75, 3.05) is 34.0 Å². The molecule has 1 unspecified atom stereocenters. The molecule has 1 atom stereocenters. The molecule has 0 saturated carbocycles. The summed E-state index contributed by atoms with van der Waals surface area (Å²) in [5.41, 5.74) is 1.60. The van der Waals surface area contributed by atoms with E-state index in [1.807, 2.05) is 6.07 Å². The van der Waals surface area contributed by atoms with Crippen molar-refractivity contribution in [3.8, 4) is 23.0 Å². The normalized spacial score (nSPS) is 18.5. The van der Waals surface area contributed by atoms with E-state index in [1.54, 1.807) is 26.4 Å². The van der Waals surface area contributed by atoms with Crippen molar-refractivity contribution in [1.29, 1.82) is 0 Å². The molecule has 0 spiro atoms. The first-order chi connectivity index (χ1) is 15.7. The molecule has 0 aliphatic carbocycles. The van der Waals surface area contributed by atoms with E-state index in [1.165, 1.54) is 5.56 Å². The Bertz CT molecular complexity index is 1190. The minimum absolute atomic E-state index is 0.183. The number of benzene rings is 2. The molecule has 1 fully saturated rings. The summed E-state index contributed by atoms with van der Waals surface area (Å²) in [5.74, 6) is 3.31. The zero-order valence-corrected chi connectivity index (χ0v) is 18.3. The number of methoxy groups -OCH3 is 2. The maximum Gasteiger partial charge on any atom is 0.258 e. The Morgan fingerprint density at radius 3 is 2.66 bits per heavy atom. The first-order valence-electron chi connectivity index (χ1n) is 10.9. The highest BCUT2D eigenvalue weighted by molar-refractivity contribution is 5.81. The lowest BCUT2D eigenvalue weighted by Gasteiger charge is -2.25. The molecule has 0 bridgehead atoms. The molecule has 32 heavy (non-hydrogen) atoms. The molecule has 5 rings (SSSR count). The molecule has 1 saturated heterocycles. The summed E-state index contributed by atoms with van der Waals surface area (Å²) in [6.45, 7) is 2.84. The third-order valence-electron chi connectivity index (χ3n) is 6.13. The van der Waals surface area contributed by atoms with Crippen molar-refractivity contribution in [3.05, 3.63) is 52.1 Å². The van der Waals surface area contributed by atoms with Crippen LogP contribution in [-0.4, -0.2) is 48.8 Å². The molecule has 0 amide bonds. The fourth-order valence-corrected chi connectivity index (χ4v) is 4.56. The van der Waals surface area contributed by atoms with Crippen LogP contribution in [-0.2, 0) is 6.54 Å². The molecular formula is C24H27N3O5. The van der Waals surface area contributed by atoms with Gasteiger partial charge in [0.25, 0.3) is 5.56 Å². The van der Waals surface area contributed by atoms with Crippen LogP contribution in [0.4, 0.5) is 0 Å². The molecule has 1 N–H and O–H groups in total. The summed E-state index contributed by atoms with van der Waals surface area (Å²) in [6.07, 6.45) is 3.02. The van der Waals surface area contributed by atoms with Crippen molar-refractivity contribution in [3.63, 3.8) is 0 Å². The Balaban J connectivity index is 1.43. The molecule has 2 aliphatic heterocycles. The Morgan fingerprint density at radius 1 is 1.06 bits per heavy atom. The van der Waals surface area contributed by atoms with Crippen LogP contribution in [0.5, 0.6) is 23.0 Å². The van der Waals surface area contributed by atoms with Gasteiger partial charge in [-0.05, 0) is 43.1 Å². The van der Waals surface area contributed by atoms with Crippen LogP contribution in [0.1, 0.15) is 36.7 Å². The SMILES string of the molecule is COc1cc2nc(CN3CCCC3c3ccc4c(c3)OCCCO4)[nH]c(=O)c2cc1OC. The van der Waals surface area contributed by atoms with Crippen molar-refractivity contribution >= 4 is 10.9 Å². The number of hydrogen-bond acceptors (Lipinski definition) is 7. The van der Waals surface area contributed by atoms with Gasteiger partial charge in [0.2, 0.25) is 0 Å². The number of H-pyrrole nitrogens is 1. The van der Waals surface area contributed by atoms with Gasteiger partial charge in [0, 0.05) is 18.5 Å². The maximum absolute atomic E-state index is 12.7. The predicted octanol–water partition coefficient (Wildman–Crippen LogP) is 3.44. The average Bonchev–Trinajstić information content (AvgIpc) is 3.13. The Kier molecular flexibility index (Phi) is 5.61. The number of rotatable bonds is 5. The van der Waals surface area contributed by atoms with E-state index in [0.717, 1.165) is 37.3 Å². The van der Waals surface area contributed by atoms with E-state index in [4.69, 9.17) is 23.9 Å². The van der Waals surface area contributed by atoms with Crippen LogP contribution < -0.4 is 24.5 Å². The molecule has 3 heterocycles. The first-order valence-corrected chi connectivity index (χ1v) is 10.9. The number of ether oxygens (including phenoxy) is 4. The van der Waals surface area contributed by atoms with E-state index in [2.05, 4.69) is 22.0 Å². The number of hydrogen-bond donors (Lipinski definition) is 1. The van der Waals surface area contributed by atoms with Crippen LogP contribution in [0.2, 0.25) is 0 Å². The Morgan fingerprint density at radius 2 is 1.84 bits per heavy atom. The number of likely N-dealkylation sites (tertiary alicyclic amines) is 1. The van der Waals surface area contributed by atoms with Crippen molar-refractivity contribution in [2.24, 2.45) is 0 Å².